The molecule has 138 valence electrons. The molecule has 1 aromatic rings. The Morgan fingerprint density at radius 2 is 2.04 bits per heavy atom. The lowest BCUT2D eigenvalue weighted by Crippen LogP contribution is -2.40. The van der Waals surface area contributed by atoms with Crippen molar-refractivity contribution in [2.45, 2.75) is 19.4 Å². The van der Waals surface area contributed by atoms with E-state index in [-0.39, 0.29) is 42.6 Å². The minimum Gasteiger partial charge on any atom is -0.486 e. The fraction of sp³-hybridized carbons (Fsp3) is 0.529. The maximum atomic E-state index is 12.3. The molecule has 2 unspecified atom stereocenters. The van der Waals surface area contributed by atoms with Gasteiger partial charge in [-0.3, -0.25) is 9.59 Å². The number of hydrogen-bond donors (Lipinski definition) is 2. The summed E-state index contributed by atoms with van der Waals surface area (Å²) < 4.78 is 11.1. The van der Waals surface area contributed by atoms with Gasteiger partial charge in [-0.1, -0.05) is 0 Å². The standard InChI is InChI=1S/C17H23N3O4.ClH/c1-11(18-2)9-19-17(22)12-7-16(21)20(10-12)13-3-4-14-15(8-13)24-6-5-23-14;/h3-4,8,11-12,18H,5-7,9-10H2,1-2H3,(H,19,22);1H. The van der Waals surface area contributed by atoms with Gasteiger partial charge in [0.25, 0.3) is 0 Å². The molecule has 0 saturated carbocycles. The van der Waals surface area contributed by atoms with Crippen molar-refractivity contribution in [3.8, 4) is 11.5 Å². The lowest BCUT2D eigenvalue weighted by Gasteiger charge is -2.22. The Balaban J connectivity index is 0.00000225. The summed E-state index contributed by atoms with van der Waals surface area (Å²) in [5, 5.41) is 5.96. The number of likely N-dealkylation sites (N-methyl/N-ethyl adjacent to an activating group) is 1. The highest BCUT2D eigenvalue weighted by atomic mass is 35.5. The molecular formula is C17H24ClN3O4. The molecule has 1 fully saturated rings. The van der Waals surface area contributed by atoms with E-state index < -0.39 is 0 Å². The molecule has 0 spiro atoms. The van der Waals surface area contributed by atoms with Crippen LogP contribution < -0.4 is 25.0 Å². The highest BCUT2D eigenvalue weighted by Gasteiger charge is 2.35. The van der Waals surface area contributed by atoms with Crippen LogP contribution in [0.4, 0.5) is 5.69 Å². The van der Waals surface area contributed by atoms with Gasteiger partial charge in [0.05, 0.1) is 5.92 Å². The summed E-state index contributed by atoms with van der Waals surface area (Å²) in [6, 6.07) is 5.63. The molecule has 2 heterocycles. The van der Waals surface area contributed by atoms with E-state index in [1.807, 2.05) is 20.0 Å². The van der Waals surface area contributed by atoms with Crippen LogP contribution >= 0.6 is 12.4 Å². The predicted molar refractivity (Wildman–Crippen MR) is 96.7 cm³/mol. The number of halogens is 1. The van der Waals surface area contributed by atoms with E-state index in [1.165, 1.54) is 0 Å². The van der Waals surface area contributed by atoms with Gasteiger partial charge in [-0.2, -0.15) is 0 Å². The number of hydrogen-bond acceptors (Lipinski definition) is 5. The van der Waals surface area contributed by atoms with Crippen LogP contribution in [0.3, 0.4) is 0 Å². The van der Waals surface area contributed by atoms with E-state index in [0.29, 0.717) is 37.8 Å². The van der Waals surface area contributed by atoms with Gasteiger partial charge in [0.15, 0.2) is 11.5 Å². The van der Waals surface area contributed by atoms with Gasteiger partial charge in [0, 0.05) is 37.3 Å². The minimum absolute atomic E-state index is 0. The summed E-state index contributed by atoms with van der Waals surface area (Å²) in [5.74, 6) is 0.878. The molecule has 3 rings (SSSR count). The fourth-order valence-electron chi connectivity index (χ4n) is 2.83. The van der Waals surface area contributed by atoms with Crippen molar-refractivity contribution >= 4 is 29.9 Å². The molecule has 1 saturated heterocycles. The van der Waals surface area contributed by atoms with Crippen LogP contribution in [0.2, 0.25) is 0 Å². The molecule has 2 amide bonds. The first-order chi connectivity index (χ1) is 11.6. The van der Waals surface area contributed by atoms with Crippen LogP contribution in [0, 0.1) is 5.92 Å². The van der Waals surface area contributed by atoms with Gasteiger partial charge in [-0.15, -0.1) is 12.4 Å². The van der Waals surface area contributed by atoms with Crippen molar-refractivity contribution in [2.24, 2.45) is 5.92 Å². The Morgan fingerprint density at radius 1 is 1.32 bits per heavy atom. The van der Waals surface area contributed by atoms with Crippen LogP contribution in [0.25, 0.3) is 0 Å². The Hall–Kier alpha value is -1.99. The second-order valence-corrected chi connectivity index (χ2v) is 6.17. The molecule has 0 aliphatic carbocycles. The highest BCUT2D eigenvalue weighted by molar-refractivity contribution is 6.00. The van der Waals surface area contributed by atoms with Gasteiger partial charge < -0.3 is 25.0 Å². The summed E-state index contributed by atoms with van der Waals surface area (Å²) in [7, 11) is 1.85. The number of nitrogens with zero attached hydrogens (tertiary/aromatic N) is 1. The van der Waals surface area contributed by atoms with Crippen LogP contribution in [0.5, 0.6) is 11.5 Å². The Kier molecular flexibility index (Phi) is 6.50. The summed E-state index contributed by atoms with van der Waals surface area (Å²) in [5.41, 5.74) is 0.739. The number of amides is 2. The number of rotatable bonds is 5. The Labute approximate surface area is 153 Å². The van der Waals surface area contributed by atoms with Gasteiger partial charge in [-0.25, -0.2) is 0 Å². The van der Waals surface area contributed by atoms with E-state index in [0.717, 1.165) is 5.69 Å². The smallest absolute Gasteiger partial charge is 0.227 e. The second kappa shape index (κ2) is 8.40. The normalized spacial score (nSPS) is 20.0. The molecule has 25 heavy (non-hydrogen) atoms. The summed E-state index contributed by atoms with van der Waals surface area (Å²) in [4.78, 5) is 26.2. The van der Waals surface area contributed by atoms with Crippen molar-refractivity contribution in [3.63, 3.8) is 0 Å². The summed E-state index contributed by atoms with van der Waals surface area (Å²) >= 11 is 0. The molecule has 1 aromatic carbocycles. The van der Waals surface area contributed by atoms with Crippen LogP contribution in [0.15, 0.2) is 18.2 Å². The first-order valence-corrected chi connectivity index (χ1v) is 8.23. The number of anilines is 1. The van der Waals surface area contributed by atoms with Crippen molar-refractivity contribution in [1.82, 2.24) is 10.6 Å². The number of benzene rings is 1. The van der Waals surface area contributed by atoms with E-state index in [2.05, 4.69) is 10.6 Å². The molecule has 8 heteroatoms. The maximum Gasteiger partial charge on any atom is 0.227 e. The number of nitrogens with one attached hydrogen (secondary N) is 2. The van der Waals surface area contributed by atoms with Crippen LogP contribution in [0.1, 0.15) is 13.3 Å². The van der Waals surface area contributed by atoms with Gasteiger partial charge in [0.1, 0.15) is 13.2 Å². The first kappa shape index (κ1) is 19.3. The number of ether oxygens (including phenoxy) is 2. The van der Waals surface area contributed by atoms with Gasteiger partial charge >= 0.3 is 0 Å². The van der Waals surface area contributed by atoms with Crippen LogP contribution in [-0.2, 0) is 9.59 Å². The molecular weight excluding hydrogens is 346 g/mol. The molecule has 2 aliphatic heterocycles. The average Bonchev–Trinajstić information content (AvgIpc) is 3.00. The molecule has 2 aliphatic rings. The monoisotopic (exact) mass is 369 g/mol. The Morgan fingerprint density at radius 3 is 2.76 bits per heavy atom. The zero-order chi connectivity index (χ0) is 17.1. The van der Waals surface area contributed by atoms with E-state index in [4.69, 9.17) is 9.47 Å². The zero-order valence-electron chi connectivity index (χ0n) is 14.4. The molecule has 7 nitrogen and oxygen atoms in total. The third kappa shape index (κ3) is 4.35. The number of carbonyl (C=O) groups is 2. The molecule has 2 atom stereocenters. The van der Waals surface area contributed by atoms with Crippen molar-refractivity contribution < 1.29 is 19.1 Å². The SMILES string of the molecule is CNC(C)CNC(=O)C1CC(=O)N(c2ccc3c(c2)OCCO3)C1.Cl. The average molecular weight is 370 g/mol. The van der Waals surface area contributed by atoms with Gasteiger partial charge in [-0.05, 0) is 26.1 Å². The van der Waals surface area contributed by atoms with Crippen molar-refractivity contribution in [3.05, 3.63) is 18.2 Å². The van der Waals surface area contributed by atoms with E-state index >= 15 is 0 Å². The minimum atomic E-state index is -0.324. The zero-order valence-corrected chi connectivity index (χ0v) is 15.2. The molecule has 0 aromatic heterocycles. The second-order valence-electron chi connectivity index (χ2n) is 6.17. The van der Waals surface area contributed by atoms with Crippen molar-refractivity contribution in [2.75, 3.05) is 38.3 Å². The van der Waals surface area contributed by atoms with Gasteiger partial charge in [0.2, 0.25) is 11.8 Å². The summed E-state index contributed by atoms with van der Waals surface area (Å²) in [6.45, 7) is 3.95. The lowest BCUT2D eigenvalue weighted by atomic mass is 10.1. The number of fused-ring (bicyclic) bond motifs is 1. The van der Waals surface area contributed by atoms with Crippen molar-refractivity contribution in [1.29, 1.82) is 0 Å². The Bertz CT molecular complexity index is 640. The predicted octanol–water partition coefficient (Wildman–Crippen LogP) is 0.957. The highest BCUT2D eigenvalue weighted by Crippen LogP contribution is 2.35. The quantitative estimate of drug-likeness (QED) is 0.808. The number of carbonyl (C=O) groups excluding carboxylic acids is 2. The third-order valence-electron chi connectivity index (χ3n) is 4.41. The molecule has 0 radical (unpaired) electrons. The van der Waals surface area contributed by atoms with Crippen LogP contribution in [-0.4, -0.2) is 51.2 Å². The maximum absolute atomic E-state index is 12.3. The molecule has 0 bridgehead atoms. The molecule has 2 N–H and O–H groups in total. The lowest BCUT2D eigenvalue weighted by molar-refractivity contribution is -0.126. The topological polar surface area (TPSA) is 79.9 Å². The van der Waals surface area contributed by atoms with E-state index in [9.17, 15) is 9.59 Å². The van der Waals surface area contributed by atoms with E-state index in [1.54, 1.807) is 17.0 Å². The summed E-state index contributed by atoms with van der Waals surface area (Å²) in [6.07, 6.45) is 0.230. The third-order valence-corrected chi connectivity index (χ3v) is 4.41. The largest absolute Gasteiger partial charge is 0.486 e. The fourth-order valence-corrected chi connectivity index (χ4v) is 2.83. The first-order valence-electron chi connectivity index (χ1n) is 8.23.